The van der Waals surface area contributed by atoms with E-state index < -0.39 is 4.92 Å². The van der Waals surface area contributed by atoms with Crippen LogP contribution in [0.4, 0.5) is 11.4 Å². The molecular weight excluding hydrogens is 320 g/mol. The Morgan fingerprint density at radius 2 is 1.88 bits per heavy atom. The number of para-hydroxylation sites is 1. The molecule has 126 valence electrons. The van der Waals surface area contributed by atoms with Gasteiger partial charge in [0, 0.05) is 12.1 Å². The molecule has 1 amide bonds. The van der Waals surface area contributed by atoms with Crippen molar-refractivity contribution in [2.75, 3.05) is 5.32 Å². The summed E-state index contributed by atoms with van der Waals surface area (Å²) in [6, 6.07) is 13.8. The van der Waals surface area contributed by atoms with E-state index in [9.17, 15) is 14.9 Å². The Balaban J connectivity index is 1.89. The lowest BCUT2D eigenvalue weighted by molar-refractivity contribution is -0.384. The van der Waals surface area contributed by atoms with E-state index in [-0.39, 0.29) is 11.6 Å². The zero-order valence-electron chi connectivity index (χ0n) is 13.8. The van der Waals surface area contributed by atoms with Crippen LogP contribution in [0.15, 0.2) is 54.7 Å². The fourth-order valence-corrected chi connectivity index (χ4v) is 2.51. The third-order valence-corrected chi connectivity index (χ3v) is 3.94. The number of carbonyl (C=O) groups is 1. The number of nitrogens with one attached hydrogen (secondary N) is 1. The van der Waals surface area contributed by atoms with Crippen molar-refractivity contribution in [2.45, 2.75) is 13.8 Å². The lowest BCUT2D eigenvalue weighted by atomic mass is 10.1. The van der Waals surface area contributed by atoms with Crippen molar-refractivity contribution >= 4 is 17.3 Å². The van der Waals surface area contributed by atoms with Crippen LogP contribution in [0.1, 0.15) is 21.6 Å². The minimum atomic E-state index is -0.492. The Kier molecular flexibility index (Phi) is 4.30. The summed E-state index contributed by atoms with van der Waals surface area (Å²) in [5.74, 6) is -0.358. The van der Waals surface area contributed by atoms with Crippen LogP contribution in [-0.4, -0.2) is 20.6 Å². The van der Waals surface area contributed by atoms with Gasteiger partial charge in [-0.3, -0.25) is 14.9 Å². The minimum absolute atomic E-state index is 0.0717. The zero-order valence-corrected chi connectivity index (χ0v) is 13.8. The Bertz CT molecular complexity index is 948. The quantitative estimate of drug-likeness (QED) is 0.581. The van der Waals surface area contributed by atoms with Crippen molar-refractivity contribution in [3.05, 3.63) is 81.7 Å². The van der Waals surface area contributed by atoms with Crippen LogP contribution in [0.25, 0.3) is 5.69 Å². The third-order valence-electron chi connectivity index (χ3n) is 3.94. The van der Waals surface area contributed by atoms with E-state index in [4.69, 9.17) is 0 Å². The van der Waals surface area contributed by atoms with Crippen molar-refractivity contribution in [2.24, 2.45) is 0 Å². The van der Waals surface area contributed by atoms with E-state index in [1.165, 1.54) is 18.3 Å². The second-order valence-electron chi connectivity index (χ2n) is 5.60. The molecule has 7 heteroatoms. The average molecular weight is 336 g/mol. The first kappa shape index (κ1) is 16.4. The fourth-order valence-electron chi connectivity index (χ4n) is 2.51. The normalized spacial score (nSPS) is 10.5. The number of carbonyl (C=O) groups excluding carboxylic acids is 1. The highest BCUT2D eigenvalue weighted by Gasteiger charge is 2.17. The van der Waals surface area contributed by atoms with Gasteiger partial charge in [-0.2, -0.15) is 5.10 Å². The smallest absolute Gasteiger partial charge is 0.271 e. The largest absolute Gasteiger partial charge is 0.321 e. The molecule has 0 aliphatic heterocycles. The van der Waals surface area contributed by atoms with Gasteiger partial charge in [-0.25, -0.2) is 4.68 Å². The average Bonchev–Trinajstić information content (AvgIpc) is 2.99. The van der Waals surface area contributed by atoms with E-state index in [2.05, 4.69) is 10.4 Å². The number of benzene rings is 2. The summed E-state index contributed by atoms with van der Waals surface area (Å²) >= 11 is 0. The van der Waals surface area contributed by atoms with E-state index in [0.29, 0.717) is 16.9 Å². The van der Waals surface area contributed by atoms with Crippen molar-refractivity contribution in [3.63, 3.8) is 0 Å². The zero-order chi connectivity index (χ0) is 18.0. The highest BCUT2D eigenvalue weighted by atomic mass is 16.6. The molecule has 0 atom stereocenters. The molecule has 0 saturated heterocycles. The SMILES string of the molecule is Cc1ccc([N+](=O)[O-])cc1NC(=O)c1cnn(-c2ccccc2)c1C. The molecule has 3 rings (SSSR count). The van der Waals surface area contributed by atoms with Gasteiger partial charge < -0.3 is 5.32 Å². The van der Waals surface area contributed by atoms with Gasteiger partial charge in [0.1, 0.15) is 0 Å². The second-order valence-corrected chi connectivity index (χ2v) is 5.60. The summed E-state index contributed by atoms with van der Waals surface area (Å²) in [6.07, 6.45) is 1.49. The minimum Gasteiger partial charge on any atom is -0.321 e. The van der Waals surface area contributed by atoms with Crippen molar-refractivity contribution in [3.8, 4) is 5.69 Å². The number of nitro groups is 1. The first-order chi connectivity index (χ1) is 12.0. The molecule has 0 spiro atoms. The standard InChI is InChI=1S/C18H16N4O3/c1-12-8-9-15(22(24)25)10-17(12)20-18(23)16-11-19-21(13(16)2)14-6-4-3-5-7-14/h3-11H,1-2H3,(H,20,23). The first-order valence-corrected chi connectivity index (χ1v) is 7.64. The maximum absolute atomic E-state index is 12.6. The van der Waals surface area contributed by atoms with Crippen molar-refractivity contribution in [1.82, 2.24) is 9.78 Å². The molecule has 0 aliphatic carbocycles. The number of amides is 1. The van der Waals surface area contributed by atoms with E-state index in [0.717, 1.165) is 11.3 Å². The number of hydrogen-bond acceptors (Lipinski definition) is 4. The molecule has 0 unspecified atom stereocenters. The molecule has 25 heavy (non-hydrogen) atoms. The third kappa shape index (κ3) is 3.25. The molecule has 3 aromatic rings. The Hall–Kier alpha value is -3.48. The molecule has 7 nitrogen and oxygen atoms in total. The summed E-state index contributed by atoms with van der Waals surface area (Å²) < 4.78 is 1.68. The maximum atomic E-state index is 12.6. The summed E-state index contributed by atoms with van der Waals surface area (Å²) in [7, 11) is 0. The molecule has 0 saturated carbocycles. The second kappa shape index (κ2) is 6.56. The van der Waals surface area contributed by atoms with Crippen LogP contribution in [0.3, 0.4) is 0 Å². The topological polar surface area (TPSA) is 90.1 Å². The lowest BCUT2D eigenvalue weighted by Crippen LogP contribution is -2.14. The first-order valence-electron chi connectivity index (χ1n) is 7.64. The molecule has 0 aliphatic rings. The Morgan fingerprint density at radius 1 is 1.16 bits per heavy atom. The molecule has 1 N–H and O–H groups in total. The summed E-state index contributed by atoms with van der Waals surface area (Å²) in [5.41, 5.74) is 3.03. The predicted molar refractivity (Wildman–Crippen MR) is 94.1 cm³/mol. The highest BCUT2D eigenvalue weighted by molar-refractivity contribution is 6.05. The van der Waals surface area contributed by atoms with Gasteiger partial charge in [-0.1, -0.05) is 24.3 Å². The van der Waals surface area contributed by atoms with Gasteiger partial charge in [0.25, 0.3) is 11.6 Å². The van der Waals surface area contributed by atoms with Crippen LogP contribution in [0.2, 0.25) is 0 Å². The van der Waals surface area contributed by atoms with Gasteiger partial charge >= 0.3 is 0 Å². The summed E-state index contributed by atoms with van der Waals surface area (Å²) in [5, 5.41) is 17.9. The van der Waals surface area contributed by atoms with Crippen LogP contribution in [0, 0.1) is 24.0 Å². The highest BCUT2D eigenvalue weighted by Crippen LogP contribution is 2.23. The van der Waals surface area contributed by atoms with Crippen molar-refractivity contribution < 1.29 is 9.72 Å². The van der Waals surface area contributed by atoms with E-state index >= 15 is 0 Å². The predicted octanol–water partition coefficient (Wildman–Crippen LogP) is 3.65. The van der Waals surface area contributed by atoms with Crippen LogP contribution < -0.4 is 5.32 Å². The van der Waals surface area contributed by atoms with E-state index in [1.807, 2.05) is 30.3 Å². The fraction of sp³-hybridized carbons (Fsp3) is 0.111. The van der Waals surface area contributed by atoms with Crippen molar-refractivity contribution in [1.29, 1.82) is 0 Å². The number of non-ortho nitro benzene ring substituents is 1. The molecule has 1 aromatic heterocycles. The van der Waals surface area contributed by atoms with Crippen LogP contribution >= 0.6 is 0 Å². The number of nitro benzene ring substituents is 1. The molecule has 0 radical (unpaired) electrons. The Morgan fingerprint density at radius 3 is 2.56 bits per heavy atom. The molecular formula is C18H16N4O3. The maximum Gasteiger partial charge on any atom is 0.271 e. The van der Waals surface area contributed by atoms with Gasteiger partial charge in [-0.05, 0) is 31.5 Å². The molecule has 0 fully saturated rings. The Labute approximate surface area is 144 Å². The number of aromatic nitrogens is 2. The summed E-state index contributed by atoms with van der Waals surface area (Å²) in [4.78, 5) is 23.0. The van der Waals surface area contributed by atoms with E-state index in [1.54, 1.807) is 24.6 Å². The number of rotatable bonds is 4. The molecule has 2 aromatic carbocycles. The lowest BCUT2D eigenvalue weighted by Gasteiger charge is -2.08. The number of hydrogen-bond donors (Lipinski definition) is 1. The monoisotopic (exact) mass is 336 g/mol. The van der Waals surface area contributed by atoms with Gasteiger partial charge in [0.15, 0.2) is 0 Å². The van der Waals surface area contributed by atoms with Gasteiger partial charge in [-0.15, -0.1) is 0 Å². The van der Waals surface area contributed by atoms with Crippen LogP contribution in [-0.2, 0) is 0 Å². The molecule has 1 heterocycles. The van der Waals surface area contributed by atoms with Gasteiger partial charge in [0.2, 0.25) is 0 Å². The number of nitrogens with zero attached hydrogens (tertiary/aromatic N) is 3. The number of anilines is 1. The summed E-state index contributed by atoms with van der Waals surface area (Å²) in [6.45, 7) is 3.58. The molecule has 0 bridgehead atoms. The number of aryl methyl sites for hydroxylation is 1. The van der Waals surface area contributed by atoms with Crippen LogP contribution in [0.5, 0.6) is 0 Å². The van der Waals surface area contributed by atoms with Gasteiger partial charge in [0.05, 0.1) is 33.8 Å².